The molecule has 1 aromatic rings. The van der Waals surface area contributed by atoms with Gasteiger partial charge in [-0.1, -0.05) is 36.8 Å². The van der Waals surface area contributed by atoms with E-state index in [1.165, 1.54) is 0 Å². The summed E-state index contributed by atoms with van der Waals surface area (Å²) < 4.78 is 0. The van der Waals surface area contributed by atoms with E-state index < -0.39 is 29.7 Å². The quantitative estimate of drug-likeness (QED) is 0.824. The summed E-state index contributed by atoms with van der Waals surface area (Å²) in [5, 5.41) is 8.88. The Morgan fingerprint density at radius 3 is 2.26 bits per heavy atom. The van der Waals surface area contributed by atoms with E-state index >= 15 is 0 Å². The molecule has 0 saturated carbocycles. The number of hydrogen-bond donors (Lipinski definition) is 1. The fraction of sp³-hybridized carbons (Fsp3) is 0.357. The van der Waals surface area contributed by atoms with Crippen LogP contribution in [0.5, 0.6) is 0 Å². The normalized spacial score (nSPS) is 22.9. The third kappa shape index (κ3) is 2.36. The second kappa shape index (κ2) is 4.84. The molecule has 1 aromatic carbocycles. The van der Waals surface area contributed by atoms with Gasteiger partial charge in [-0.25, -0.2) is 4.79 Å². The zero-order chi connectivity index (χ0) is 14.2. The molecule has 1 aliphatic heterocycles. The van der Waals surface area contributed by atoms with Crippen LogP contribution in [-0.4, -0.2) is 27.9 Å². The van der Waals surface area contributed by atoms with Gasteiger partial charge >= 0.3 is 6.09 Å². The first-order valence-corrected chi connectivity index (χ1v) is 6.08. The summed E-state index contributed by atoms with van der Waals surface area (Å²) in [5.74, 6) is -2.43. The summed E-state index contributed by atoms with van der Waals surface area (Å²) in [7, 11) is 0. The maximum Gasteiger partial charge on any atom is 0.421 e. The van der Waals surface area contributed by atoms with Crippen LogP contribution in [0.15, 0.2) is 24.3 Å². The molecule has 1 heterocycles. The summed E-state index contributed by atoms with van der Waals surface area (Å²) in [5.41, 5.74) is 2.04. The molecule has 2 atom stereocenters. The number of hydrogen-bond acceptors (Lipinski definition) is 3. The Balaban J connectivity index is 2.21. The zero-order valence-corrected chi connectivity index (χ0v) is 10.8. The molecule has 0 spiro atoms. The third-order valence-electron chi connectivity index (χ3n) is 3.52. The van der Waals surface area contributed by atoms with Crippen molar-refractivity contribution < 1.29 is 19.5 Å². The summed E-state index contributed by atoms with van der Waals surface area (Å²) in [6, 6.07) is 7.64. The van der Waals surface area contributed by atoms with E-state index in [0.717, 1.165) is 11.1 Å². The van der Waals surface area contributed by atoms with E-state index in [4.69, 9.17) is 5.11 Å². The Bertz CT molecular complexity index is 535. The van der Waals surface area contributed by atoms with Crippen molar-refractivity contribution in [3.05, 3.63) is 35.4 Å². The standard InChI is InChI=1S/C14H15NO4/c1-8-3-5-10(6-4-8)7-11-9(2)12(16)15(13(11)17)14(18)19/h3-6,9,11H,7H2,1-2H3,(H,18,19). The van der Waals surface area contributed by atoms with Gasteiger partial charge in [0, 0.05) is 5.92 Å². The van der Waals surface area contributed by atoms with Crippen molar-refractivity contribution in [3.63, 3.8) is 0 Å². The van der Waals surface area contributed by atoms with E-state index in [9.17, 15) is 14.4 Å². The van der Waals surface area contributed by atoms with E-state index in [2.05, 4.69) is 0 Å². The molecule has 100 valence electrons. The monoisotopic (exact) mass is 261 g/mol. The number of carbonyl (C=O) groups is 3. The van der Waals surface area contributed by atoms with Gasteiger partial charge < -0.3 is 5.11 Å². The second-order valence-corrected chi connectivity index (χ2v) is 4.88. The highest BCUT2D eigenvalue weighted by Gasteiger charge is 2.48. The molecule has 0 bridgehead atoms. The van der Waals surface area contributed by atoms with Crippen molar-refractivity contribution >= 4 is 17.9 Å². The molecular formula is C14H15NO4. The number of aryl methyl sites for hydroxylation is 1. The summed E-state index contributed by atoms with van der Waals surface area (Å²) in [6.07, 6.45) is -1.11. The lowest BCUT2D eigenvalue weighted by Crippen LogP contribution is -2.36. The molecule has 0 aliphatic carbocycles. The van der Waals surface area contributed by atoms with E-state index in [1.54, 1.807) is 6.92 Å². The molecule has 2 unspecified atom stereocenters. The smallest absolute Gasteiger partial charge is 0.421 e. The van der Waals surface area contributed by atoms with Gasteiger partial charge in [-0.3, -0.25) is 9.59 Å². The van der Waals surface area contributed by atoms with Gasteiger partial charge in [-0.15, -0.1) is 0 Å². The van der Waals surface area contributed by atoms with E-state index in [-0.39, 0.29) is 0 Å². The van der Waals surface area contributed by atoms with E-state index in [0.29, 0.717) is 11.3 Å². The highest BCUT2D eigenvalue weighted by molar-refractivity contribution is 6.15. The number of amides is 3. The van der Waals surface area contributed by atoms with Gasteiger partial charge in [0.05, 0.1) is 5.92 Å². The Hall–Kier alpha value is -2.17. The molecule has 1 aliphatic rings. The number of rotatable bonds is 2. The van der Waals surface area contributed by atoms with Crippen molar-refractivity contribution in [2.75, 3.05) is 0 Å². The minimum absolute atomic E-state index is 0.337. The van der Waals surface area contributed by atoms with Gasteiger partial charge in [0.15, 0.2) is 0 Å². The topological polar surface area (TPSA) is 74.7 Å². The van der Waals surface area contributed by atoms with Gasteiger partial charge in [0.25, 0.3) is 0 Å². The first-order chi connectivity index (χ1) is 8.91. The van der Waals surface area contributed by atoms with Crippen LogP contribution in [0.1, 0.15) is 18.1 Å². The van der Waals surface area contributed by atoms with Gasteiger partial charge in [0.1, 0.15) is 0 Å². The fourth-order valence-corrected chi connectivity index (χ4v) is 2.29. The Labute approximate surface area is 110 Å². The number of nitrogens with zero attached hydrogens (tertiary/aromatic N) is 1. The van der Waals surface area contributed by atoms with Gasteiger partial charge in [-0.05, 0) is 18.9 Å². The molecule has 5 nitrogen and oxygen atoms in total. The van der Waals surface area contributed by atoms with Crippen molar-refractivity contribution in [1.29, 1.82) is 0 Å². The molecule has 1 N–H and O–H groups in total. The third-order valence-corrected chi connectivity index (χ3v) is 3.52. The second-order valence-electron chi connectivity index (χ2n) is 4.88. The van der Waals surface area contributed by atoms with E-state index in [1.807, 2.05) is 31.2 Å². The maximum atomic E-state index is 12.0. The Kier molecular flexibility index (Phi) is 3.38. The predicted molar refractivity (Wildman–Crippen MR) is 67.4 cm³/mol. The molecule has 1 saturated heterocycles. The molecular weight excluding hydrogens is 246 g/mol. The van der Waals surface area contributed by atoms with Crippen LogP contribution in [0.25, 0.3) is 0 Å². The van der Waals surface area contributed by atoms with Crippen LogP contribution in [0.4, 0.5) is 4.79 Å². The minimum Gasteiger partial charge on any atom is -0.464 e. The summed E-state index contributed by atoms with van der Waals surface area (Å²) in [6.45, 7) is 3.56. The van der Waals surface area contributed by atoms with Crippen LogP contribution in [0.2, 0.25) is 0 Å². The first kappa shape index (κ1) is 13.3. The van der Waals surface area contributed by atoms with Crippen LogP contribution < -0.4 is 0 Å². The average molecular weight is 261 g/mol. The van der Waals surface area contributed by atoms with Gasteiger partial charge in [-0.2, -0.15) is 4.90 Å². The molecule has 0 aromatic heterocycles. The highest BCUT2D eigenvalue weighted by atomic mass is 16.4. The van der Waals surface area contributed by atoms with Crippen molar-refractivity contribution in [1.82, 2.24) is 4.90 Å². The molecule has 3 amide bonds. The largest absolute Gasteiger partial charge is 0.464 e. The molecule has 0 radical (unpaired) electrons. The SMILES string of the molecule is Cc1ccc(CC2C(=O)N(C(=O)O)C(=O)C2C)cc1. The van der Waals surface area contributed by atoms with Crippen LogP contribution in [0, 0.1) is 18.8 Å². The maximum absolute atomic E-state index is 12.0. The predicted octanol–water partition coefficient (Wildman–Crippen LogP) is 1.84. The molecule has 2 rings (SSSR count). The van der Waals surface area contributed by atoms with Crippen molar-refractivity contribution in [3.8, 4) is 0 Å². The number of carboxylic acid groups (broad SMARTS) is 1. The number of benzene rings is 1. The molecule has 1 fully saturated rings. The fourth-order valence-electron chi connectivity index (χ4n) is 2.29. The number of likely N-dealkylation sites (tertiary alicyclic amines) is 1. The lowest BCUT2D eigenvalue weighted by Gasteiger charge is -2.11. The summed E-state index contributed by atoms with van der Waals surface area (Å²) >= 11 is 0. The number of carbonyl (C=O) groups excluding carboxylic acids is 2. The lowest BCUT2D eigenvalue weighted by atomic mass is 9.90. The first-order valence-electron chi connectivity index (χ1n) is 6.08. The minimum atomic E-state index is -1.49. The van der Waals surface area contributed by atoms with Crippen LogP contribution in [0.3, 0.4) is 0 Å². The average Bonchev–Trinajstić information content (AvgIpc) is 2.56. The lowest BCUT2D eigenvalue weighted by molar-refractivity contribution is -0.137. The number of imide groups is 3. The zero-order valence-electron chi connectivity index (χ0n) is 10.8. The summed E-state index contributed by atoms with van der Waals surface area (Å²) in [4.78, 5) is 34.9. The molecule has 19 heavy (non-hydrogen) atoms. The Morgan fingerprint density at radius 2 is 1.79 bits per heavy atom. The van der Waals surface area contributed by atoms with Crippen molar-refractivity contribution in [2.24, 2.45) is 11.8 Å². The van der Waals surface area contributed by atoms with Gasteiger partial charge in [0.2, 0.25) is 11.8 Å². The van der Waals surface area contributed by atoms with Crippen LogP contribution >= 0.6 is 0 Å². The highest BCUT2D eigenvalue weighted by Crippen LogP contribution is 2.29. The van der Waals surface area contributed by atoms with Crippen molar-refractivity contribution in [2.45, 2.75) is 20.3 Å². The molecule has 5 heteroatoms. The van der Waals surface area contributed by atoms with Crippen LogP contribution in [-0.2, 0) is 16.0 Å². The Morgan fingerprint density at radius 1 is 1.21 bits per heavy atom.